The molecular formula is C13H19BN2O4. The lowest BCUT2D eigenvalue weighted by atomic mass is 9.78. The third-order valence-electron chi connectivity index (χ3n) is 2.89. The molecule has 0 atom stereocenters. The van der Waals surface area contributed by atoms with E-state index in [0.29, 0.717) is 29.9 Å². The summed E-state index contributed by atoms with van der Waals surface area (Å²) in [7, 11) is -1.59. The number of fused-ring (bicyclic) bond motifs is 1. The maximum Gasteiger partial charge on any atom is 0.490 e. The fraction of sp³-hybridized carbons (Fsp3) is 0.462. The molecule has 108 valence electrons. The van der Waals surface area contributed by atoms with Gasteiger partial charge in [-0.25, -0.2) is 4.79 Å². The molecule has 1 amide bonds. The molecule has 0 bridgehead atoms. The van der Waals surface area contributed by atoms with Crippen LogP contribution in [0, 0.1) is 0 Å². The Morgan fingerprint density at radius 1 is 1.40 bits per heavy atom. The molecule has 0 fully saturated rings. The molecule has 6 nitrogen and oxygen atoms in total. The molecule has 0 spiro atoms. The molecule has 0 saturated heterocycles. The molecule has 0 aliphatic carbocycles. The van der Waals surface area contributed by atoms with Crippen molar-refractivity contribution in [1.29, 1.82) is 0 Å². The van der Waals surface area contributed by atoms with Crippen molar-refractivity contribution in [2.45, 2.75) is 26.4 Å². The number of carbonyl (C=O) groups excluding carboxylic acids is 1. The summed E-state index contributed by atoms with van der Waals surface area (Å²) in [6.07, 6.45) is -0.440. The zero-order valence-corrected chi connectivity index (χ0v) is 11.9. The first-order valence-electron chi connectivity index (χ1n) is 6.53. The zero-order chi connectivity index (χ0) is 14.9. The first kappa shape index (κ1) is 14.7. The Labute approximate surface area is 118 Å². The first-order valence-corrected chi connectivity index (χ1v) is 6.53. The van der Waals surface area contributed by atoms with E-state index in [0.717, 1.165) is 0 Å². The molecule has 1 aliphatic rings. The van der Waals surface area contributed by atoms with E-state index in [-0.39, 0.29) is 0 Å². The van der Waals surface area contributed by atoms with Gasteiger partial charge in [-0.05, 0) is 26.8 Å². The summed E-state index contributed by atoms with van der Waals surface area (Å²) in [5.41, 5.74) is 0.919. The van der Waals surface area contributed by atoms with Gasteiger partial charge < -0.3 is 20.1 Å². The Morgan fingerprint density at radius 3 is 2.70 bits per heavy atom. The van der Waals surface area contributed by atoms with Crippen molar-refractivity contribution in [2.75, 3.05) is 23.3 Å². The van der Waals surface area contributed by atoms with E-state index in [9.17, 15) is 14.8 Å². The lowest BCUT2D eigenvalue weighted by molar-refractivity contribution is 0.0581. The summed E-state index contributed by atoms with van der Waals surface area (Å²) in [6.45, 7) is 6.41. The predicted octanol–water partition coefficient (Wildman–Crippen LogP) is 0.533. The molecule has 0 radical (unpaired) electrons. The number of nitrogens with zero attached hydrogens (tertiary/aromatic N) is 1. The molecule has 2 rings (SSSR count). The number of anilines is 2. The highest BCUT2D eigenvalue weighted by molar-refractivity contribution is 6.61. The number of para-hydroxylation sites is 1. The van der Waals surface area contributed by atoms with Gasteiger partial charge in [0.25, 0.3) is 0 Å². The van der Waals surface area contributed by atoms with Gasteiger partial charge >= 0.3 is 13.2 Å². The normalized spacial score (nSPS) is 14.3. The van der Waals surface area contributed by atoms with Gasteiger partial charge in [0.05, 0.1) is 11.4 Å². The Bertz CT molecular complexity index is 514. The first-order chi connectivity index (χ1) is 9.29. The molecule has 0 unspecified atom stereocenters. The SMILES string of the molecule is CC(C)(C)OC(=O)N1CCNc2c(B(O)O)cccc21. The van der Waals surface area contributed by atoms with Crippen molar-refractivity contribution in [3.05, 3.63) is 18.2 Å². The van der Waals surface area contributed by atoms with Gasteiger partial charge in [-0.15, -0.1) is 0 Å². The Kier molecular flexibility index (Phi) is 3.92. The largest absolute Gasteiger partial charge is 0.490 e. The monoisotopic (exact) mass is 278 g/mol. The van der Waals surface area contributed by atoms with E-state index in [1.165, 1.54) is 4.90 Å². The lowest BCUT2D eigenvalue weighted by Crippen LogP contribution is -2.45. The van der Waals surface area contributed by atoms with E-state index in [2.05, 4.69) is 5.32 Å². The number of carbonyl (C=O) groups is 1. The second-order valence-electron chi connectivity index (χ2n) is 5.67. The van der Waals surface area contributed by atoms with Crippen LogP contribution in [-0.4, -0.2) is 42.0 Å². The van der Waals surface area contributed by atoms with Gasteiger partial charge in [0, 0.05) is 18.6 Å². The summed E-state index contributed by atoms with van der Waals surface area (Å²) < 4.78 is 5.37. The third-order valence-corrected chi connectivity index (χ3v) is 2.89. The number of ether oxygens (including phenoxy) is 1. The van der Waals surface area contributed by atoms with Crippen LogP contribution in [0.4, 0.5) is 16.2 Å². The van der Waals surface area contributed by atoms with E-state index in [1.54, 1.807) is 18.2 Å². The number of hydrogen-bond donors (Lipinski definition) is 3. The Hall–Kier alpha value is -1.73. The van der Waals surface area contributed by atoms with Crippen LogP contribution in [0.3, 0.4) is 0 Å². The molecule has 20 heavy (non-hydrogen) atoms. The molecule has 7 heteroatoms. The van der Waals surface area contributed by atoms with Gasteiger partial charge in [0.15, 0.2) is 0 Å². The van der Waals surface area contributed by atoms with Crippen LogP contribution < -0.4 is 15.7 Å². The van der Waals surface area contributed by atoms with Crippen molar-refractivity contribution in [3.8, 4) is 0 Å². The molecule has 1 aromatic carbocycles. The maximum atomic E-state index is 12.2. The van der Waals surface area contributed by atoms with Crippen LogP contribution in [0.2, 0.25) is 0 Å². The Morgan fingerprint density at radius 2 is 2.10 bits per heavy atom. The second-order valence-corrected chi connectivity index (χ2v) is 5.67. The van der Waals surface area contributed by atoms with Crippen LogP contribution in [0.5, 0.6) is 0 Å². The molecule has 1 aliphatic heterocycles. The van der Waals surface area contributed by atoms with E-state index >= 15 is 0 Å². The molecule has 3 N–H and O–H groups in total. The van der Waals surface area contributed by atoms with Crippen LogP contribution >= 0.6 is 0 Å². The van der Waals surface area contributed by atoms with Crippen molar-refractivity contribution >= 4 is 30.0 Å². The molecule has 0 saturated carbocycles. The number of benzene rings is 1. The molecular weight excluding hydrogens is 259 g/mol. The highest BCUT2D eigenvalue weighted by Gasteiger charge is 2.30. The Balaban J connectivity index is 2.34. The predicted molar refractivity (Wildman–Crippen MR) is 78.3 cm³/mol. The zero-order valence-electron chi connectivity index (χ0n) is 11.9. The number of nitrogens with one attached hydrogen (secondary N) is 1. The van der Waals surface area contributed by atoms with E-state index < -0.39 is 18.8 Å². The summed E-state index contributed by atoms with van der Waals surface area (Å²) in [5.74, 6) is 0. The highest BCUT2D eigenvalue weighted by atomic mass is 16.6. The average molecular weight is 278 g/mol. The number of hydrogen-bond acceptors (Lipinski definition) is 5. The van der Waals surface area contributed by atoms with Crippen LogP contribution in [0.15, 0.2) is 18.2 Å². The van der Waals surface area contributed by atoms with Gasteiger partial charge in [-0.1, -0.05) is 12.1 Å². The van der Waals surface area contributed by atoms with E-state index in [1.807, 2.05) is 20.8 Å². The fourth-order valence-electron chi connectivity index (χ4n) is 2.11. The van der Waals surface area contributed by atoms with E-state index in [4.69, 9.17) is 4.74 Å². The standard InChI is InChI=1S/C13H19BN2O4/c1-13(2,3)20-12(17)16-8-7-15-11-9(14(18)19)5-4-6-10(11)16/h4-6,15,18-19H,7-8H2,1-3H3. The fourth-order valence-corrected chi connectivity index (χ4v) is 2.11. The highest BCUT2D eigenvalue weighted by Crippen LogP contribution is 2.28. The van der Waals surface area contributed by atoms with Gasteiger partial charge in [0.2, 0.25) is 0 Å². The topological polar surface area (TPSA) is 82.0 Å². The van der Waals surface area contributed by atoms with Crippen LogP contribution in [0.1, 0.15) is 20.8 Å². The maximum absolute atomic E-state index is 12.2. The van der Waals surface area contributed by atoms with Crippen LogP contribution in [-0.2, 0) is 4.74 Å². The molecule has 0 aromatic heterocycles. The minimum atomic E-state index is -1.59. The minimum Gasteiger partial charge on any atom is -0.443 e. The summed E-state index contributed by atoms with van der Waals surface area (Å²) >= 11 is 0. The molecule has 1 heterocycles. The second kappa shape index (κ2) is 5.34. The quantitative estimate of drug-likeness (QED) is 0.653. The summed E-state index contributed by atoms with van der Waals surface area (Å²) in [6, 6.07) is 5.03. The average Bonchev–Trinajstić information content (AvgIpc) is 2.35. The van der Waals surface area contributed by atoms with Gasteiger partial charge in [-0.3, -0.25) is 4.90 Å². The molecule has 1 aromatic rings. The third kappa shape index (κ3) is 3.05. The van der Waals surface area contributed by atoms with Crippen LogP contribution in [0.25, 0.3) is 0 Å². The smallest absolute Gasteiger partial charge is 0.443 e. The van der Waals surface area contributed by atoms with Crippen molar-refractivity contribution in [3.63, 3.8) is 0 Å². The summed E-state index contributed by atoms with van der Waals surface area (Å²) in [4.78, 5) is 13.7. The van der Waals surface area contributed by atoms with Gasteiger partial charge in [0.1, 0.15) is 5.60 Å². The minimum absolute atomic E-state index is 0.343. The van der Waals surface area contributed by atoms with Crippen molar-refractivity contribution in [1.82, 2.24) is 0 Å². The van der Waals surface area contributed by atoms with Crippen molar-refractivity contribution < 1.29 is 19.6 Å². The summed E-state index contributed by atoms with van der Waals surface area (Å²) in [5, 5.41) is 21.8. The number of amides is 1. The number of rotatable bonds is 1. The lowest BCUT2D eigenvalue weighted by Gasteiger charge is -2.33. The van der Waals surface area contributed by atoms with Crippen molar-refractivity contribution in [2.24, 2.45) is 0 Å². The van der Waals surface area contributed by atoms with Gasteiger partial charge in [-0.2, -0.15) is 0 Å².